The second kappa shape index (κ2) is 25.6. The molecule has 420 valence electrons. The second-order valence-electron chi connectivity index (χ2n) is 19.6. The number of imidazole rings is 3. The highest BCUT2D eigenvalue weighted by Crippen LogP contribution is 2.53. The molecule has 9 heterocycles. The predicted octanol–water partition coefficient (Wildman–Crippen LogP) is 5.08. The van der Waals surface area contributed by atoms with Gasteiger partial charge in [0.05, 0.1) is 50.5 Å². The molecular weight excluding hydrogens is 1050 g/mol. The van der Waals surface area contributed by atoms with Gasteiger partial charge in [-0.3, -0.25) is 36.6 Å². The lowest BCUT2D eigenvalue weighted by molar-refractivity contribution is -0.122. The predicted molar refractivity (Wildman–Crippen MR) is 275 cm³/mol. The summed E-state index contributed by atoms with van der Waals surface area (Å²) in [6.07, 6.45) is 14.2. The van der Waals surface area contributed by atoms with Gasteiger partial charge in [0.15, 0.2) is 53.1 Å². The van der Waals surface area contributed by atoms with Gasteiger partial charge in [0.25, 0.3) is 0 Å². The molecule has 31 heteroatoms. The number of aliphatic hydroxyl groups excluding tert-OH is 1. The first-order chi connectivity index (χ1) is 37.2. The molecule has 0 saturated carbocycles. The third-order valence-corrected chi connectivity index (χ3v) is 15.9. The number of rotatable bonds is 29. The number of aromatic nitrogens is 12. The number of phosphoric acid groups is 2. The summed E-state index contributed by atoms with van der Waals surface area (Å²) >= 11 is 0. The van der Waals surface area contributed by atoms with Crippen molar-refractivity contribution in [3.63, 3.8) is 0 Å². The molecule has 0 spiro atoms. The monoisotopic (exact) mass is 1110 g/mol. The molecule has 29 nitrogen and oxygen atoms in total. The maximum atomic E-state index is 13.9. The van der Waals surface area contributed by atoms with E-state index >= 15 is 0 Å². The fourth-order valence-electron chi connectivity index (χ4n) is 9.98. The van der Waals surface area contributed by atoms with Crippen LogP contribution in [0.1, 0.15) is 135 Å². The Bertz CT molecular complexity index is 3020. The van der Waals surface area contributed by atoms with E-state index in [1.807, 2.05) is 0 Å². The van der Waals surface area contributed by atoms with Gasteiger partial charge in [-0.25, -0.2) is 54.0 Å². The fraction of sp³-hybridized carbons (Fsp3) is 0.652. The van der Waals surface area contributed by atoms with Crippen LogP contribution in [-0.4, -0.2) is 136 Å². The van der Waals surface area contributed by atoms with Crippen molar-refractivity contribution in [1.29, 1.82) is 0 Å². The molecule has 3 fully saturated rings. The quantitative estimate of drug-likeness (QED) is 0.0238. The third-order valence-electron chi connectivity index (χ3n) is 13.9. The van der Waals surface area contributed by atoms with Crippen molar-refractivity contribution in [2.75, 3.05) is 37.0 Å². The first kappa shape index (κ1) is 56.3. The molecule has 77 heavy (non-hydrogen) atoms. The molecule has 0 radical (unpaired) electrons. The number of phosphoric ester groups is 2. The van der Waals surface area contributed by atoms with E-state index in [9.17, 15) is 28.8 Å². The van der Waals surface area contributed by atoms with Crippen LogP contribution in [0, 0.1) is 0 Å². The molecule has 1 amide bonds. The van der Waals surface area contributed by atoms with E-state index in [-0.39, 0.29) is 71.5 Å². The number of unbranched alkanes of at least 4 members (excludes halogenated alkanes) is 12. The van der Waals surface area contributed by atoms with Crippen molar-refractivity contribution in [3.05, 3.63) is 38.0 Å². The molecule has 0 aliphatic carbocycles. The molecule has 3 aliphatic rings. The van der Waals surface area contributed by atoms with Crippen molar-refractivity contribution in [3.8, 4) is 0 Å². The summed E-state index contributed by atoms with van der Waals surface area (Å²) in [5.41, 5.74) is 19.6. The molecule has 3 saturated heterocycles. The molecule has 6 aromatic rings. The Hall–Kier alpha value is -5.42. The zero-order chi connectivity index (χ0) is 54.1. The van der Waals surface area contributed by atoms with Crippen LogP contribution in [0.15, 0.2) is 38.0 Å². The van der Waals surface area contributed by atoms with Crippen LogP contribution in [0.4, 0.5) is 17.5 Å². The molecule has 6 aromatic heterocycles. The molecule has 10 N–H and O–H groups in total. The van der Waals surface area contributed by atoms with E-state index < -0.39 is 84.2 Å². The van der Waals surface area contributed by atoms with Gasteiger partial charge in [-0.05, 0) is 6.42 Å². The van der Waals surface area contributed by atoms with Gasteiger partial charge in [-0.2, -0.15) is 0 Å². The summed E-state index contributed by atoms with van der Waals surface area (Å²) in [6, 6.07) is 0. The minimum atomic E-state index is -4.98. The van der Waals surface area contributed by atoms with Crippen LogP contribution in [0.5, 0.6) is 0 Å². The summed E-state index contributed by atoms with van der Waals surface area (Å²) in [5, 5.41) is 13.8. The lowest BCUT2D eigenvalue weighted by Gasteiger charge is -2.23. The van der Waals surface area contributed by atoms with Crippen LogP contribution in [0.2, 0.25) is 0 Å². The van der Waals surface area contributed by atoms with Crippen molar-refractivity contribution in [2.24, 2.45) is 0 Å². The number of anilines is 3. The fourth-order valence-corrected chi connectivity index (χ4v) is 11.9. The first-order valence-electron chi connectivity index (χ1n) is 26.2. The van der Waals surface area contributed by atoms with Gasteiger partial charge < -0.3 is 51.6 Å². The molecule has 0 aromatic carbocycles. The summed E-state index contributed by atoms with van der Waals surface area (Å²) in [7, 11) is -9.94. The highest BCUT2D eigenvalue weighted by atomic mass is 31.2. The molecular formula is C46H68N16O13P2. The zero-order valence-electron chi connectivity index (χ0n) is 42.7. The maximum absolute atomic E-state index is 13.9. The lowest BCUT2D eigenvalue weighted by Crippen LogP contribution is -2.32. The normalized spacial score (nSPS) is 25.3. The van der Waals surface area contributed by atoms with Crippen LogP contribution in [0.3, 0.4) is 0 Å². The summed E-state index contributed by atoms with van der Waals surface area (Å²) in [6.45, 7) is 1.27. The van der Waals surface area contributed by atoms with Gasteiger partial charge in [-0.1, -0.05) is 84.0 Å². The van der Waals surface area contributed by atoms with Gasteiger partial charge in [-0.15, -0.1) is 0 Å². The summed E-state index contributed by atoms with van der Waals surface area (Å²) < 4.78 is 73.2. The SMILES string of the molecule is CCCCCCCCCCCCCCCC(=O)NCC1CC(OP(=O)(O)OCC2CC(OP(=O)(O)OCC3CC(O)C(n4cnc5c(N)ncnc54)O3)C(n3cnc4c(N)ncnc43)O2)C(n2cnc3c(N)ncnc32)O1. The first-order valence-corrected chi connectivity index (χ1v) is 29.2. The van der Waals surface area contributed by atoms with E-state index in [4.69, 9.17) is 49.5 Å². The number of nitrogen functional groups attached to an aromatic ring is 3. The number of carbonyl (C=O) groups excluding carboxylic acids is 1. The number of aliphatic hydroxyl groups is 1. The summed E-state index contributed by atoms with van der Waals surface area (Å²) in [4.78, 5) is 72.9. The van der Waals surface area contributed by atoms with Crippen molar-refractivity contribution in [1.82, 2.24) is 63.9 Å². The van der Waals surface area contributed by atoms with E-state index in [0.717, 1.165) is 25.7 Å². The average Bonchev–Trinajstić information content (AvgIpc) is 4.29. The Morgan fingerprint density at radius 3 is 1.44 bits per heavy atom. The highest BCUT2D eigenvalue weighted by molar-refractivity contribution is 7.47. The van der Waals surface area contributed by atoms with Gasteiger partial charge in [0.2, 0.25) is 5.91 Å². The number of carbonyl (C=O) groups is 1. The van der Waals surface area contributed by atoms with Crippen LogP contribution >= 0.6 is 15.6 Å². The Kier molecular flexibility index (Phi) is 18.7. The smallest absolute Gasteiger partial charge is 0.388 e. The van der Waals surface area contributed by atoms with E-state index in [2.05, 4.69) is 57.1 Å². The number of amides is 1. The number of hydrogen-bond acceptors (Lipinski definition) is 23. The molecule has 3 aliphatic heterocycles. The molecule has 0 bridgehead atoms. The molecule has 9 rings (SSSR count). The Balaban J connectivity index is 0.798. The average molecular weight is 1120 g/mol. The van der Waals surface area contributed by atoms with Crippen molar-refractivity contribution < 1.29 is 61.1 Å². The number of hydrogen-bond donors (Lipinski definition) is 7. The highest BCUT2D eigenvalue weighted by Gasteiger charge is 2.47. The minimum absolute atomic E-state index is 0.0113. The third kappa shape index (κ3) is 14.1. The Labute approximate surface area is 442 Å². The summed E-state index contributed by atoms with van der Waals surface area (Å²) in [5.74, 6) is 0.164. The van der Waals surface area contributed by atoms with Gasteiger partial charge >= 0.3 is 15.6 Å². The van der Waals surface area contributed by atoms with E-state index in [1.54, 1.807) is 0 Å². The number of fused-ring (bicyclic) bond motifs is 3. The number of nitrogens with zero attached hydrogens (tertiary/aromatic N) is 12. The lowest BCUT2D eigenvalue weighted by atomic mass is 10.0. The van der Waals surface area contributed by atoms with Crippen LogP contribution in [-0.2, 0) is 46.2 Å². The largest absolute Gasteiger partial charge is 0.472 e. The van der Waals surface area contributed by atoms with E-state index in [0.29, 0.717) is 17.6 Å². The van der Waals surface area contributed by atoms with Crippen LogP contribution in [0.25, 0.3) is 33.5 Å². The second-order valence-corrected chi connectivity index (χ2v) is 22.4. The van der Waals surface area contributed by atoms with Gasteiger partial charge in [0.1, 0.15) is 53.8 Å². The number of nitrogens with two attached hydrogens (primary N) is 3. The number of ether oxygens (including phenoxy) is 3. The Morgan fingerprint density at radius 1 is 0.584 bits per heavy atom. The molecule has 11 atom stereocenters. The number of nitrogens with one attached hydrogen (secondary N) is 1. The standard InChI is InChI=1S/C46H68N16O13P2/c1-2-3-4-5-6-7-8-9-10-11-12-13-14-15-34(64)50-19-28-17-32(45(71-28)61-26-58-36-39(48)52-23-55-42(36)61)74-77(67,68)70-21-30-18-33(46(73-30)62-27-59-37-40(49)53-24-56-43(37)62)75-76(65,66)69-20-29-16-31(63)44(72-29)60-25-57-35-38(47)51-22-54-41(35)60/h22-33,44-46,63H,2-21H2,1H3,(H,50,64)(H,65,66)(H,67,68)(H2,47,51,54)(H2,48,52,55)(H2,49,53,56). The van der Waals surface area contributed by atoms with E-state index in [1.165, 1.54) is 109 Å². The molecule has 11 unspecified atom stereocenters. The minimum Gasteiger partial charge on any atom is -0.388 e. The van der Waals surface area contributed by atoms with Crippen molar-refractivity contribution >= 4 is 72.5 Å². The Morgan fingerprint density at radius 2 is 0.974 bits per heavy atom. The topological polar surface area (TPSA) is 397 Å². The van der Waals surface area contributed by atoms with Crippen molar-refractivity contribution in [2.45, 2.75) is 171 Å². The maximum Gasteiger partial charge on any atom is 0.472 e. The zero-order valence-corrected chi connectivity index (χ0v) is 44.5. The van der Waals surface area contributed by atoms with Crippen LogP contribution < -0.4 is 22.5 Å². The van der Waals surface area contributed by atoms with Gasteiger partial charge in [0, 0.05) is 32.2 Å².